The number of amides is 1. The summed E-state index contributed by atoms with van der Waals surface area (Å²) >= 11 is 0. The molecule has 106 valence electrons. The Bertz CT molecular complexity index is 818. The number of nitrogens with one attached hydrogen (secondary N) is 2. The number of carbonyl (C=O) groups excluding carboxylic acids is 1. The molecule has 21 heavy (non-hydrogen) atoms. The first-order valence-electron chi connectivity index (χ1n) is 6.25. The molecule has 0 aliphatic rings. The number of carboxylic acid groups (broad SMARTS) is 1. The first-order chi connectivity index (χ1) is 10.1. The molecule has 0 saturated heterocycles. The van der Waals surface area contributed by atoms with Crippen LogP contribution in [0, 0.1) is 0 Å². The van der Waals surface area contributed by atoms with Crippen molar-refractivity contribution in [1.82, 2.24) is 14.8 Å². The summed E-state index contributed by atoms with van der Waals surface area (Å²) in [6.45, 7) is -0.247. The lowest BCUT2D eigenvalue weighted by Crippen LogP contribution is -2.12. The number of carboxylic acids is 1. The standard InChI is InChI=1S/C14H12N4O3/c19-13(20)8-18-7-9(6-16-18)17-14(21)11-2-1-3-12-10(11)4-5-15-12/h1-7,15H,8H2,(H,17,21)(H,19,20). The van der Waals surface area contributed by atoms with Crippen LogP contribution < -0.4 is 5.32 Å². The molecule has 3 N–H and O–H groups in total. The van der Waals surface area contributed by atoms with Crippen LogP contribution in [0.15, 0.2) is 42.9 Å². The molecule has 0 unspecified atom stereocenters. The molecule has 0 aliphatic carbocycles. The van der Waals surface area contributed by atoms with E-state index in [0.717, 1.165) is 10.9 Å². The molecule has 2 heterocycles. The predicted molar refractivity (Wildman–Crippen MR) is 76.1 cm³/mol. The van der Waals surface area contributed by atoms with Gasteiger partial charge in [-0.2, -0.15) is 5.10 Å². The SMILES string of the molecule is O=C(O)Cn1cc(NC(=O)c2cccc3[nH]ccc23)cn1. The van der Waals surface area contributed by atoms with Gasteiger partial charge >= 0.3 is 5.97 Å². The summed E-state index contributed by atoms with van der Waals surface area (Å²) in [4.78, 5) is 25.9. The number of H-pyrrole nitrogens is 1. The first kappa shape index (κ1) is 12.9. The molecule has 0 saturated carbocycles. The number of aromatic amines is 1. The molecule has 0 fully saturated rings. The Morgan fingerprint density at radius 3 is 3.00 bits per heavy atom. The van der Waals surface area contributed by atoms with Crippen molar-refractivity contribution in [2.75, 3.05) is 5.32 Å². The van der Waals surface area contributed by atoms with Crippen molar-refractivity contribution in [2.24, 2.45) is 0 Å². The van der Waals surface area contributed by atoms with Crippen LogP contribution in [0.25, 0.3) is 10.9 Å². The normalized spacial score (nSPS) is 10.7. The highest BCUT2D eigenvalue weighted by atomic mass is 16.4. The highest BCUT2D eigenvalue weighted by Gasteiger charge is 2.12. The van der Waals surface area contributed by atoms with Crippen LogP contribution in [0.4, 0.5) is 5.69 Å². The van der Waals surface area contributed by atoms with Gasteiger partial charge in [-0.25, -0.2) is 0 Å². The highest BCUT2D eigenvalue weighted by Crippen LogP contribution is 2.18. The number of benzene rings is 1. The maximum Gasteiger partial charge on any atom is 0.325 e. The van der Waals surface area contributed by atoms with Crippen LogP contribution in [-0.2, 0) is 11.3 Å². The van der Waals surface area contributed by atoms with E-state index in [9.17, 15) is 9.59 Å². The van der Waals surface area contributed by atoms with E-state index in [1.807, 2.05) is 12.1 Å². The van der Waals surface area contributed by atoms with Crippen molar-refractivity contribution in [2.45, 2.75) is 6.54 Å². The van der Waals surface area contributed by atoms with Gasteiger partial charge in [0.25, 0.3) is 5.91 Å². The molecule has 2 aromatic heterocycles. The van der Waals surface area contributed by atoms with E-state index in [2.05, 4.69) is 15.4 Å². The van der Waals surface area contributed by atoms with Crippen LogP contribution in [0.2, 0.25) is 0 Å². The Morgan fingerprint density at radius 1 is 1.33 bits per heavy atom. The van der Waals surface area contributed by atoms with Gasteiger partial charge in [-0.3, -0.25) is 14.3 Å². The van der Waals surface area contributed by atoms with Crippen molar-refractivity contribution in [3.63, 3.8) is 0 Å². The fraction of sp³-hybridized carbons (Fsp3) is 0.0714. The lowest BCUT2D eigenvalue weighted by Gasteiger charge is -2.03. The van der Waals surface area contributed by atoms with E-state index in [0.29, 0.717) is 11.3 Å². The molecular formula is C14H12N4O3. The quantitative estimate of drug-likeness (QED) is 0.678. The second-order valence-electron chi connectivity index (χ2n) is 4.52. The fourth-order valence-electron chi connectivity index (χ4n) is 2.14. The van der Waals surface area contributed by atoms with Crippen LogP contribution >= 0.6 is 0 Å². The second-order valence-corrected chi connectivity index (χ2v) is 4.52. The van der Waals surface area contributed by atoms with Gasteiger partial charge < -0.3 is 15.4 Å². The Hall–Kier alpha value is -3.09. The monoisotopic (exact) mass is 284 g/mol. The molecular weight excluding hydrogens is 272 g/mol. The third-order valence-electron chi connectivity index (χ3n) is 3.03. The smallest absolute Gasteiger partial charge is 0.325 e. The average Bonchev–Trinajstić information content (AvgIpc) is 3.06. The third-order valence-corrected chi connectivity index (χ3v) is 3.03. The van der Waals surface area contributed by atoms with Gasteiger partial charge in [0.15, 0.2) is 0 Å². The van der Waals surface area contributed by atoms with Gasteiger partial charge in [0.1, 0.15) is 6.54 Å². The third kappa shape index (κ3) is 2.62. The van der Waals surface area contributed by atoms with E-state index in [-0.39, 0.29) is 12.5 Å². The van der Waals surface area contributed by atoms with E-state index in [1.165, 1.54) is 17.1 Å². The summed E-state index contributed by atoms with van der Waals surface area (Å²) in [5, 5.41) is 16.1. The predicted octanol–water partition coefficient (Wildman–Crippen LogP) is 1.70. The largest absolute Gasteiger partial charge is 0.480 e. The molecule has 1 amide bonds. The summed E-state index contributed by atoms with van der Waals surface area (Å²) in [6.07, 6.45) is 4.66. The zero-order valence-corrected chi connectivity index (χ0v) is 10.9. The van der Waals surface area contributed by atoms with Crippen molar-refractivity contribution in [1.29, 1.82) is 0 Å². The highest BCUT2D eigenvalue weighted by molar-refractivity contribution is 6.12. The van der Waals surface area contributed by atoms with Gasteiger partial charge in [0, 0.05) is 28.9 Å². The Kier molecular flexibility index (Phi) is 3.15. The van der Waals surface area contributed by atoms with Gasteiger partial charge in [0.2, 0.25) is 0 Å². The molecule has 0 spiro atoms. The minimum atomic E-state index is -0.993. The van der Waals surface area contributed by atoms with Crippen molar-refractivity contribution in [3.05, 3.63) is 48.4 Å². The number of carbonyl (C=O) groups is 2. The summed E-state index contributed by atoms with van der Waals surface area (Å²) in [5.41, 5.74) is 1.87. The molecule has 7 heteroatoms. The minimum Gasteiger partial charge on any atom is -0.480 e. The number of aromatic nitrogens is 3. The number of hydrogen-bond acceptors (Lipinski definition) is 3. The van der Waals surface area contributed by atoms with Gasteiger partial charge in [0.05, 0.1) is 11.9 Å². The van der Waals surface area contributed by atoms with Crippen LogP contribution in [0.3, 0.4) is 0 Å². The summed E-state index contributed by atoms with van der Waals surface area (Å²) < 4.78 is 1.24. The maximum absolute atomic E-state index is 12.3. The number of nitrogens with zero attached hydrogens (tertiary/aromatic N) is 2. The number of hydrogen-bond donors (Lipinski definition) is 3. The molecule has 0 atom stereocenters. The number of anilines is 1. The number of fused-ring (bicyclic) bond motifs is 1. The molecule has 3 rings (SSSR count). The minimum absolute atomic E-state index is 0.247. The molecule has 0 radical (unpaired) electrons. The van der Waals surface area contributed by atoms with E-state index in [1.54, 1.807) is 18.3 Å². The summed E-state index contributed by atoms with van der Waals surface area (Å²) in [5.74, 6) is -1.26. The topological polar surface area (TPSA) is 100 Å². The lowest BCUT2D eigenvalue weighted by atomic mass is 10.1. The Labute approximate surface area is 119 Å². The van der Waals surface area contributed by atoms with E-state index < -0.39 is 5.97 Å². The lowest BCUT2D eigenvalue weighted by molar-refractivity contribution is -0.137. The molecule has 3 aromatic rings. The summed E-state index contributed by atoms with van der Waals surface area (Å²) in [7, 11) is 0. The van der Waals surface area contributed by atoms with Crippen molar-refractivity contribution < 1.29 is 14.7 Å². The zero-order chi connectivity index (χ0) is 14.8. The van der Waals surface area contributed by atoms with Crippen molar-refractivity contribution >= 4 is 28.5 Å². The molecule has 0 bridgehead atoms. The first-order valence-corrected chi connectivity index (χ1v) is 6.25. The molecule has 7 nitrogen and oxygen atoms in total. The average molecular weight is 284 g/mol. The summed E-state index contributed by atoms with van der Waals surface area (Å²) in [6, 6.07) is 7.24. The van der Waals surface area contributed by atoms with Gasteiger partial charge in [-0.1, -0.05) is 6.07 Å². The van der Waals surface area contributed by atoms with Crippen molar-refractivity contribution in [3.8, 4) is 0 Å². The van der Waals surface area contributed by atoms with E-state index >= 15 is 0 Å². The van der Waals surface area contributed by atoms with Crippen LogP contribution in [-0.4, -0.2) is 31.7 Å². The number of rotatable bonds is 4. The fourth-order valence-corrected chi connectivity index (χ4v) is 2.14. The van der Waals surface area contributed by atoms with Gasteiger partial charge in [-0.15, -0.1) is 0 Å². The van der Waals surface area contributed by atoms with Crippen LogP contribution in [0.5, 0.6) is 0 Å². The van der Waals surface area contributed by atoms with Crippen LogP contribution in [0.1, 0.15) is 10.4 Å². The number of aliphatic carboxylic acids is 1. The Morgan fingerprint density at radius 2 is 2.19 bits per heavy atom. The molecule has 1 aromatic carbocycles. The Balaban J connectivity index is 1.81. The molecule has 0 aliphatic heterocycles. The maximum atomic E-state index is 12.3. The van der Waals surface area contributed by atoms with E-state index in [4.69, 9.17) is 5.11 Å². The van der Waals surface area contributed by atoms with Gasteiger partial charge in [-0.05, 0) is 18.2 Å². The second kappa shape index (κ2) is 5.12. The zero-order valence-electron chi connectivity index (χ0n) is 10.9.